The molecule has 0 spiro atoms. The SMILES string of the molecule is C=CCCCc1ccc(OC)cc1CNC[C@@H](OC(=O)C(F)(F)F)[C@H](Cc1cc(F)cc(F)c1)NC(=O)O. The molecule has 2 rings (SSSR count). The van der Waals surface area contributed by atoms with E-state index in [0.717, 1.165) is 36.1 Å². The van der Waals surface area contributed by atoms with Gasteiger partial charge in [0, 0.05) is 19.2 Å². The summed E-state index contributed by atoms with van der Waals surface area (Å²) in [6, 6.07) is 6.30. The summed E-state index contributed by atoms with van der Waals surface area (Å²) in [5.74, 6) is -3.90. The molecule has 208 valence electrons. The number of halogens is 5. The molecule has 0 fully saturated rings. The van der Waals surface area contributed by atoms with Crippen LogP contribution >= 0.6 is 0 Å². The molecule has 0 saturated heterocycles. The van der Waals surface area contributed by atoms with E-state index in [-0.39, 0.29) is 12.1 Å². The lowest BCUT2D eigenvalue weighted by molar-refractivity contribution is -0.205. The van der Waals surface area contributed by atoms with Crippen LogP contribution in [0.1, 0.15) is 29.5 Å². The van der Waals surface area contributed by atoms with Crippen LogP contribution in [0.2, 0.25) is 0 Å². The highest BCUT2D eigenvalue weighted by atomic mass is 19.4. The molecule has 1 amide bonds. The summed E-state index contributed by atoms with van der Waals surface area (Å²) < 4.78 is 76.2. The van der Waals surface area contributed by atoms with Crippen molar-refractivity contribution in [2.75, 3.05) is 13.7 Å². The minimum absolute atomic E-state index is 0.0494. The largest absolute Gasteiger partial charge is 0.497 e. The number of amides is 1. The first-order valence-corrected chi connectivity index (χ1v) is 11.6. The van der Waals surface area contributed by atoms with Crippen molar-refractivity contribution in [3.63, 3.8) is 0 Å². The predicted molar refractivity (Wildman–Crippen MR) is 129 cm³/mol. The number of hydrogen-bond acceptors (Lipinski definition) is 5. The van der Waals surface area contributed by atoms with Crippen molar-refractivity contribution < 1.29 is 46.1 Å². The number of alkyl halides is 3. The molecule has 0 radical (unpaired) electrons. The van der Waals surface area contributed by atoms with Crippen LogP contribution in [0.3, 0.4) is 0 Å². The molecule has 7 nitrogen and oxygen atoms in total. The Kier molecular flexibility index (Phi) is 11.5. The van der Waals surface area contributed by atoms with Crippen molar-refractivity contribution in [2.45, 2.75) is 50.6 Å². The second-order valence-corrected chi connectivity index (χ2v) is 8.43. The fourth-order valence-electron chi connectivity index (χ4n) is 3.81. The quantitative estimate of drug-likeness (QED) is 0.135. The number of rotatable bonds is 14. The molecule has 38 heavy (non-hydrogen) atoms. The van der Waals surface area contributed by atoms with Crippen LogP contribution in [0.25, 0.3) is 0 Å². The third-order valence-electron chi connectivity index (χ3n) is 5.55. The molecule has 3 N–H and O–H groups in total. The molecule has 0 aromatic heterocycles. The molecule has 0 aliphatic rings. The van der Waals surface area contributed by atoms with Gasteiger partial charge >= 0.3 is 18.2 Å². The van der Waals surface area contributed by atoms with Gasteiger partial charge in [-0.2, -0.15) is 13.2 Å². The van der Waals surface area contributed by atoms with E-state index in [1.807, 2.05) is 11.4 Å². The lowest BCUT2D eigenvalue weighted by Gasteiger charge is -2.28. The molecular formula is C26H29F5N2O5. The number of esters is 1. The highest BCUT2D eigenvalue weighted by Crippen LogP contribution is 2.22. The number of carbonyl (C=O) groups is 2. The average Bonchev–Trinajstić information content (AvgIpc) is 2.82. The van der Waals surface area contributed by atoms with E-state index in [2.05, 4.69) is 16.6 Å². The van der Waals surface area contributed by atoms with Crippen LogP contribution in [0.4, 0.5) is 26.7 Å². The Morgan fingerprint density at radius 2 is 1.79 bits per heavy atom. The van der Waals surface area contributed by atoms with Crippen molar-refractivity contribution in [3.05, 3.63) is 77.4 Å². The number of allylic oxidation sites excluding steroid dienone is 1. The maximum Gasteiger partial charge on any atom is 0.490 e. The maximum atomic E-state index is 13.7. The zero-order chi connectivity index (χ0) is 28.3. The Bertz CT molecular complexity index is 1090. The third-order valence-corrected chi connectivity index (χ3v) is 5.55. The topological polar surface area (TPSA) is 96.9 Å². The third kappa shape index (κ3) is 10.0. The fourth-order valence-corrected chi connectivity index (χ4v) is 3.81. The first-order valence-electron chi connectivity index (χ1n) is 11.6. The molecule has 0 saturated carbocycles. The van der Waals surface area contributed by atoms with Crippen molar-refractivity contribution in [2.24, 2.45) is 0 Å². The van der Waals surface area contributed by atoms with Crippen molar-refractivity contribution in [1.82, 2.24) is 10.6 Å². The normalized spacial score (nSPS) is 12.9. The van der Waals surface area contributed by atoms with Crippen LogP contribution < -0.4 is 15.4 Å². The molecule has 2 aromatic rings. The highest BCUT2D eigenvalue weighted by Gasteiger charge is 2.43. The number of nitrogens with one attached hydrogen (secondary N) is 2. The van der Waals surface area contributed by atoms with Crippen LogP contribution in [0, 0.1) is 11.6 Å². The standard InChI is InChI=1S/C26H29F5N2O5/c1-3-4-5-6-17-7-8-21(37-2)12-18(17)14-32-15-23(38-24(34)26(29,30)31)22(33-25(35)36)11-16-9-19(27)13-20(28)10-16/h3,7-10,12-13,22-23,32-33H,1,4-6,11,14-15H2,2H3,(H,35,36)/t22-,23+/m0/s1. The van der Waals surface area contributed by atoms with Gasteiger partial charge in [-0.05, 0) is 66.6 Å². The number of aryl methyl sites for hydroxylation is 1. The lowest BCUT2D eigenvalue weighted by Crippen LogP contribution is -2.51. The van der Waals surface area contributed by atoms with E-state index in [1.165, 1.54) is 7.11 Å². The average molecular weight is 545 g/mol. The minimum Gasteiger partial charge on any atom is -0.497 e. The lowest BCUT2D eigenvalue weighted by atomic mass is 9.99. The molecule has 0 aliphatic carbocycles. The Morgan fingerprint density at radius 3 is 2.37 bits per heavy atom. The van der Waals surface area contributed by atoms with E-state index < -0.39 is 55.0 Å². The number of hydrogen-bond donors (Lipinski definition) is 3. The molecule has 12 heteroatoms. The Balaban J connectivity index is 2.29. The molecule has 2 aromatic carbocycles. The van der Waals surface area contributed by atoms with Crippen molar-refractivity contribution >= 4 is 12.1 Å². The first kappa shape index (κ1) is 30.6. The molecule has 2 atom stereocenters. The minimum atomic E-state index is -5.35. The first-order chi connectivity index (χ1) is 17.9. The second-order valence-electron chi connectivity index (χ2n) is 8.43. The molecular weight excluding hydrogens is 515 g/mol. The molecule has 0 aliphatic heterocycles. The summed E-state index contributed by atoms with van der Waals surface area (Å²) >= 11 is 0. The van der Waals surface area contributed by atoms with Crippen LogP contribution in [-0.4, -0.2) is 49.1 Å². The Morgan fingerprint density at radius 1 is 1.11 bits per heavy atom. The van der Waals surface area contributed by atoms with E-state index >= 15 is 0 Å². The van der Waals surface area contributed by atoms with Gasteiger partial charge in [0.2, 0.25) is 0 Å². The highest BCUT2D eigenvalue weighted by molar-refractivity contribution is 5.76. The van der Waals surface area contributed by atoms with Gasteiger partial charge < -0.3 is 25.2 Å². The summed E-state index contributed by atoms with van der Waals surface area (Å²) in [5, 5.41) is 14.1. The summed E-state index contributed by atoms with van der Waals surface area (Å²) in [4.78, 5) is 23.0. The summed E-state index contributed by atoms with van der Waals surface area (Å²) in [5.41, 5.74) is 1.66. The van der Waals surface area contributed by atoms with Gasteiger partial charge in [0.1, 0.15) is 23.5 Å². The van der Waals surface area contributed by atoms with Gasteiger partial charge in [-0.15, -0.1) is 6.58 Å². The monoisotopic (exact) mass is 544 g/mol. The van der Waals surface area contributed by atoms with Crippen LogP contribution in [0.15, 0.2) is 49.1 Å². The van der Waals surface area contributed by atoms with E-state index in [1.54, 1.807) is 18.2 Å². The smallest absolute Gasteiger partial charge is 0.490 e. The van der Waals surface area contributed by atoms with E-state index in [0.29, 0.717) is 18.2 Å². The fraction of sp³-hybridized carbons (Fsp3) is 0.385. The molecule has 0 unspecified atom stereocenters. The van der Waals surface area contributed by atoms with E-state index in [9.17, 15) is 36.6 Å². The maximum absolute atomic E-state index is 13.7. The number of carbonyl (C=O) groups excluding carboxylic acids is 1. The van der Waals surface area contributed by atoms with Gasteiger partial charge in [0.25, 0.3) is 0 Å². The number of unbranched alkanes of at least 4 members (excludes halogenated alkanes) is 1. The zero-order valence-electron chi connectivity index (χ0n) is 20.6. The summed E-state index contributed by atoms with van der Waals surface area (Å²) in [7, 11) is 1.48. The number of carboxylic acid groups (broad SMARTS) is 1. The number of methoxy groups -OCH3 is 1. The number of benzene rings is 2. The van der Waals surface area contributed by atoms with Gasteiger partial charge in [0.05, 0.1) is 13.2 Å². The predicted octanol–water partition coefficient (Wildman–Crippen LogP) is 4.92. The van der Waals surface area contributed by atoms with Crippen molar-refractivity contribution in [1.29, 1.82) is 0 Å². The zero-order valence-corrected chi connectivity index (χ0v) is 20.6. The van der Waals surface area contributed by atoms with Crippen LogP contribution in [0.5, 0.6) is 5.75 Å². The van der Waals surface area contributed by atoms with Crippen molar-refractivity contribution in [3.8, 4) is 5.75 Å². The Hall–Kier alpha value is -3.67. The van der Waals surface area contributed by atoms with Gasteiger partial charge in [-0.1, -0.05) is 12.1 Å². The Labute approximate surface area is 216 Å². The number of ether oxygens (including phenoxy) is 2. The summed E-state index contributed by atoms with van der Waals surface area (Å²) in [6.45, 7) is 3.40. The van der Waals surface area contributed by atoms with Gasteiger partial charge in [-0.3, -0.25) is 0 Å². The summed E-state index contributed by atoms with van der Waals surface area (Å²) in [6.07, 6.45) is -5.05. The van der Waals surface area contributed by atoms with Crippen LogP contribution in [-0.2, 0) is 28.9 Å². The van der Waals surface area contributed by atoms with E-state index in [4.69, 9.17) is 4.74 Å². The molecule has 0 bridgehead atoms. The van der Waals surface area contributed by atoms with Gasteiger partial charge in [0.15, 0.2) is 0 Å². The molecule has 0 heterocycles. The second kappa shape index (κ2) is 14.3. The van der Waals surface area contributed by atoms with Gasteiger partial charge in [-0.25, -0.2) is 18.4 Å².